The molecule has 0 aliphatic carbocycles. The Hall–Kier alpha value is -0.380. The molecule has 0 saturated carbocycles. The Balaban J connectivity index is 2.13. The molecule has 1 N–H and O–H groups in total. The first-order valence-corrected chi connectivity index (χ1v) is 6.90. The molecule has 0 spiro atoms. The molecule has 1 aliphatic rings. The highest BCUT2D eigenvalue weighted by molar-refractivity contribution is 4.77. The quantitative estimate of drug-likeness (QED) is 0.522. The van der Waals surface area contributed by atoms with E-state index < -0.39 is 0 Å². The molecule has 0 radical (unpaired) electrons. The first kappa shape index (κ1) is 14.7. The Morgan fingerprint density at radius 2 is 2.29 bits per heavy atom. The van der Waals surface area contributed by atoms with Crippen molar-refractivity contribution in [2.24, 2.45) is 0 Å². The number of ether oxygens (including phenoxy) is 1. The second-order valence-corrected chi connectivity index (χ2v) is 4.80. The third kappa shape index (κ3) is 5.66. The summed E-state index contributed by atoms with van der Waals surface area (Å²) in [7, 11) is 0. The zero-order valence-electron chi connectivity index (χ0n) is 11.1. The number of aliphatic hydroxyl groups excluding tert-OH is 1. The van der Waals surface area contributed by atoms with Crippen LogP contribution in [0.2, 0.25) is 0 Å². The second kappa shape index (κ2) is 8.67. The third-order valence-corrected chi connectivity index (χ3v) is 3.46. The van der Waals surface area contributed by atoms with Crippen molar-refractivity contribution in [3.05, 3.63) is 12.7 Å². The van der Waals surface area contributed by atoms with E-state index in [-0.39, 0.29) is 12.2 Å². The molecule has 2 atom stereocenters. The molecule has 0 aromatic carbocycles. The van der Waals surface area contributed by atoms with Gasteiger partial charge in [-0.1, -0.05) is 25.8 Å². The maximum absolute atomic E-state index is 10.1. The van der Waals surface area contributed by atoms with E-state index in [1.54, 1.807) is 0 Å². The summed E-state index contributed by atoms with van der Waals surface area (Å²) in [5.41, 5.74) is 0. The Morgan fingerprint density at radius 3 is 3.00 bits per heavy atom. The van der Waals surface area contributed by atoms with E-state index in [0.717, 1.165) is 45.5 Å². The fourth-order valence-corrected chi connectivity index (χ4v) is 2.26. The van der Waals surface area contributed by atoms with E-state index in [4.69, 9.17) is 4.74 Å². The average Bonchev–Trinajstić information content (AvgIpc) is 2.38. The van der Waals surface area contributed by atoms with Gasteiger partial charge >= 0.3 is 0 Å². The van der Waals surface area contributed by atoms with Gasteiger partial charge in [-0.2, -0.15) is 0 Å². The normalized spacial score (nSPS) is 23.5. The summed E-state index contributed by atoms with van der Waals surface area (Å²) in [5, 5.41) is 10.1. The summed E-state index contributed by atoms with van der Waals surface area (Å²) < 4.78 is 5.64. The van der Waals surface area contributed by atoms with Gasteiger partial charge in [0, 0.05) is 13.1 Å². The number of rotatable bonds is 8. The van der Waals surface area contributed by atoms with Crippen molar-refractivity contribution in [1.82, 2.24) is 4.90 Å². The summed E-state index contributed by atoms with van der Waals surface area (Å²) in [5.74, 6) is 0. The minimum atomic E-state index is -0.298. The van der Waals surface area contributed by atoms with Crippen molar-refractivity contribution < 1.29 is 9.84 Å². The van der Waals surface area contributed by atoms with Gasteiger partial charge in [-0.15, -0.1) is 6.58 Å². The largest absolute Gasteiger partial charge is 0.390 e. The Bertz CT molecular complexity index is 208. The molecule has 100 valence electrons. The molecule has 0 aromatic rings. The van der Waals surface area contributed by atoms with Crippen LogP contribution < -0.4 is 0 Å². The van der Waals surface area contributed by atoms with E-state index in [1.807, 2.05) is 6.08 Å². The summed E-state index contributed by atoms with van der Waals surface area (Å²) in [6, 6.07) is 0. The van der Waals surface area contributed by atoms with Crippen molar-refractivity contribution >= 4 is 0 Å². The molecule has 3 nitrogen and oxygen atoms in total. The van der Waals surface area contributed by atoms with Gasteiger partial charge in [0.25, 0.3) is 0 Å². The Labute approximate surface area is 105 Å². The number of allylic oxidation sites excluding steroid dienone is 1. The van der Waals surface area contributed by atoms with Crippen molar-refractivity contribution in [2.75, 3.05) is 26.2 Å². The maximum Gasteiger partial charge on any atom is 0.0960 e. The second-order valence-electron chi connectivity index (χ2n) is 4.80. The molecule has 0 aromatic heterocycles. The molecule has 1 aliphatic heterocycles. The molecule has 1 heterocycles. The third-order valence-electron chi connectivity index (χ3n) is 3.46. The summed E-state index contributed by atoms with van der Waals surface area (Å²) >= 11 is 0. The van der Waals surface area contributed by atoms with Gasteiger partial charge in [0.05, 0.1) is 18.8 Å². The number of unbranched alkanes of at least 4 members (excludes halogenated alkanes) is 3. The predicted molar refractivity (Wildman–Crippen MR) is 71.1 cm³/mol. The van der Waals surface area contributed by atoms with Crippen LogP contribution in [0.25, 0.3) is 0 Å². The molecule has 3 heteroatoms. The van der Waals surface area contributed by atoms with Gasteiger partial charge < -0.3 is 9.84 Å². The fourth-order valence-electron chi connectivity index (χ4n) is 2.26. The van der Waals surface area contributed by atoms with Crippen LogP contribution in [0.4, 0.5) is 0 Å². The van der Waals surface area contributed by atoms with Gasteiger partial charge in [-0.05, 0) is 25.8 Å². The van der Waals surface area contributed by atoms with Crippen LogP contribution in [-0.4, -0.2) is 48.5 Å². The van der Waals surface area contributed by atoms with Gasteiger partial charge in [-0.3, -0.25) is 4.90 Å². The molecule has 1 rings (SSSR count). The summed E-state index contributed by atoms with van der Waals surface area (Å²) in [4.78, 5) is 2.34. The minimum absolute atomic E-state index is 0.0168. The fraction of sp³-hybridized carbons (Fsp3) is 0.857. The Morgan fingerprint density at radius 1 is 1.47 bits per heavy atom. The molecular weight excluding hydrogens is 214 g/mol. The lowest BCUT2D eigenvalue weighted by molar-refractivity contribution is -0.0897. The highest BCUT2D eigenvalue weighted by Crippen LogP contribution is 2.14. The standard InChI is InChI=1S/C14H27NO2/c1-3-5-6-7-8-9-13(16)14-12-15(4-2)10-11-17-14/h3,13-14,16H,1,4-12H2,2H3. The van der Waals surface area contributed by atoms with Crippen LogP contribution >= 0.6 is 0 Å². The Kier molecular flexibility index (Phi) is 7.49. The minimum Gasteiger partial charge on any atom is -0.390 e. The smallest absolute Gasteiger partial charge is 0.0960 e. The monoisotopic (exact) mass is 241 g/mol. The molecule has 1 fully saturated rings. The lowest BCUT2D eigenvalue weighted by atomic mass is 10.0. The lowest BCUT2D eigenvalue weighted by Crippen LogP contribution is -2.47. The first-order valence-electron chi connectivity index (χ1n) is 6.90. The number of hydrogen-bond donors (Lipinski definition) is 1. The number of nitrogens with zero attached hydrogens (tertiary/aromatic N) is 1. The molecule has 0 amide bonds. The SMILES string of the molecule is C=CCCCCCC(O)C1CN(CC)CCO1. The van der Waals surface area contributed by atoms with Crippen LogP contribution in [0.3, 0.4) is 0 Å². The van der Waals surface area contributed by atoms with Crippen LogP contribution in [0.1, 0.15) is 39.0 Å². The van der Waals surface area contributed by atoms with Crippen molar-refractivity contribution in [1.29, 1.82) is 0 Å². The number of likely N-dealkylation sites (N-methyl/N-ethyl adjacent to an activating group) is 1. The topological polar surface area (TPSA) is 32.7 Å². The zero-order chi connectivity index (χ0) is 12.5. The van der Waals surface area contributed by atoms with E-state index >= 15 is 0 Å². The molecule has 0 bridgehead atoms. The summed E-state index contributed by atoms with van der Waals surface area (Å²) in [6.07, 6.45) is 7.06. The lowest BCUT2D eigenvalue weighted by Gasteiger charge is -2.34. The number of morpholine rings is 1. The highest BCUT2D eigenvalue weighted by Gasteiger charge is 2.25. The molecular formula is C14H27NO2. The van der Waals surface area contributed by atoms with Gasteiger partial charge in [-0.25, -0.2) is 0 Å². The molecule has 2 unspecified atom stereocenters. The van der Waals surface area contributed by atoms with Gasteiger partial charge in [0.2, 0.25) is 0 Å². The van der Waals surface area contributed by atoms with Crippen molar-refractivity contribution in [3.8, 4) is 0 Å². The first-order chi connectivity index (χ1) is 8.27. The van der Waals surface area contributed by atoms with E-state index in [1.165, 1.54) is 12.8 Å². The maximum atomic E-state index is 10.1. The van der Waals surface area contributed by atoms with Crippen LogP contribution in [0.5, 0.6) is 0 Å². The van der Waals surface area contributed by atoms with Crippen molar-refractivity contribution in [2.45, 2.75) is 51.2 Å². The van der Waals surface area contributed by atoms with Crippen LogP contribution in [0.15, 0.2) is 12.7 Å². The van der Waals surface area contributed by atoms with Gasteiger partial charge in [0.1, 0.15) is 0 Å². The number of aliphatic hydroxyl groups is 1. The molecule has 1 saturated heterocycles. The highest BCUT2D eigenvalue weighted by atomic mass is 16.5. The van der Waals surface area contributed by atoms with Gasteiger partial charge in [0.15, 0.2) is 0 Å². The molecule has 17 heavy (non-hydrogen) atoms. The van der Waals surface area contributed by atoms with Crippen molar-refractivity contribution in [3.63, 3.8) is 0 Å². The summed E-state index contributed by atoms with van der Waals surface area (Å²) in [6.45, 7) is 9.55. The van der Waals surface area contributed by atoms with E-state index in [0.29, 0.717) is 0 Å². The zero-order valence-corrected chi connectivity index (χ0v) is 11.1. The van der Waals surface area contributed by atoms with E-state index in [2.05, 4.69) is 18.4 Å². The average molecular weight is 241 g/mol. The van der Waals surface area contributed by atoms with Crippen LogP contribution in [0, 0.1) is 0 Å². The van der Waals surface area contributed by atoms with E-state index in [9.17, 15) is 5.11 Å². The number of hydrogen-bond acceptors (Lipinski definition) is 3. The predicted octanol–water partition coefficient (Wildman–Crippen LogP) is 2.20. The van der Waals surface area contributed by atoms with Crippen LogP contribution in [-0.2, 0) is 4.74 Å².